The number of nitrogens with one attached hydrogen (secondary N) is 1. The van der Waals surface area contributed by atoms with E-state index in [2.05, 4.69) is 5.32 Å². The van der Waals surface area contributed by atoms with Gasteiger partial charge in [0.25, 0.3) is 5.91 Å². The van der Waals surface area contributed by atoms with Crippen LogP contribution in [0.4, 0.5) is 5.69 Å². The van der Waals surface area contributed by atoms with Crippen LogP contribution < -0.4 is 5.32 Å². The summed E-state index contributed by atoms with van der Waals surface area (Å²) in [4.78, 5) is 12.8. The molecule has 1 amide bonds. The number of rotatable bonds is 9. The normalized spacial score (nSPS) is 11.8. The number of nitrogens with zero attached hydrogens (tertiary/aromatic N) is 2. The average molecular weight is 540 g/mol. The minimum Gasteiger partial charge on any atom is -0.460 e. The van der Waals surface area contributed by atoms with Gasteiger partial charge in [-0.05, 0) is 62.7 Å². The van der Waals surface area contributed by atoms with Crippen molar-refractivity contribution in [3.8, 4) is 6.07 Å². The van der Waals surface area contributed by atoms with E-state index in [1.165, 1.54) is 10.4 Å². The van der Waals surface area contributed by atoms with Crippen LogP contribution in [0.1, 0.15) is 33.8 Å². The summed E-state index contributed by atoms with van der Waals surface area (Å²) in [5.41, 5.74) is 4.35. The maximum Gasteiger partial charge on any atom is 0.266 e. The van der Waals surface area contributed by atoms with Crippen molar-refractivity contribution in [2.45, 2.75) is 38.8 Å². The molecule has 1 N–H and O–H groups in total. The molecule has 0 unspecified atom stereocenters. The molecule has 0 aliphatic carbocycles. The van der Waals surface area contributed by atoms with Crippen molar-refractivity contribution >= 4 is 27.7 Å². The maximum atomic E-state index is 13.6. The summed E-state index contributed by atoms with van der Waals surface area (Å²) in [5.74, 6) is 0.0751. The van der Waals surface area contributed by atoms with Crippen molar-refractivity contribution in [2.24, 2.45) is 0 Å². The van der Waals surface area contributed by atoms with E-state index in [0.717, 1.165) is 22.3 Å². The summed E-state index contributed by atoms with van der Waals surface area (Å²) >= 11 is 0. The molecule has 8 heteroatoms. The van der Waals surface area contributed by atoms with Gasteiger partial charge in [0.2, 0.25) is 10.0 Å². The average Bonchev–Trinajstić information content (AvgIpc) is 3.36. The van der Waals surface area contributed by atoms with Gasteiger partial charge in [-0.15, -0.1) is 0 Å². The number of aryl methyl sites for hydroxylation is 3. The van der Waals surface area contributed by atoms with E-state index in [1.54, 1.807) is 48.5 Å². The van der Waals surface area contributed by atoms with Crippen LogP contribution >= 0.6 is 0 Å². The van der Waals surface area contributed by atoms with Crippen LogP contribution in [0, 0.1) is 32.1 Å². The van der Waals surface area contributed by atoms with Crippen molar-refractivity contribution in [1.82, 2.24) is 4.31 Å². The van der Waals surface area contributed by atoms with Gasteiger partial charge >= 0.3 is 0 Å². The predicted molar refractivity (Wildman–Crippen MR) is 151 cm³/mol. The van der Waals surface area contributed by atoms with Crippen LogP contribution in [0.2, 0.25) is 0 Å². The van der Waals surface area contributed by atoms with E-state index in [1.807, 2.05) is 63.2 Å². The smallest absolute Gasteiger partial charge is 0.266 e. The third-order valence-electron chi connectivity index (χ3n) is 6.11. The molecule has 1 heterocycles. The molecule has 0 atom stereocenters. The van der Waals surface area contributed by atoms with E-state index in [0.29, 0.717) is 11.4 Å². The van der Waals surface area contributed by atoms with Gasteiger partial charge < -0.3 is 9.73 Å². The molecule has 3 aromatic carbocycles. The van der Waals surface area contributed by atoms with Crippen LogP contribution in [0.5, 0.6) is 0 Å². The Morgan fingerprint density at radius 1 is 0.846 bits per heavy atom. The Kier molecular flexibility index (Phi) is 8.45. The second-order valence-electron chi connectivity index (χ2n) is 9.37. The highest BCUT2D eigenvalue weighted by molar-refractivity contribution is 7.89. The number of carbonyl (C=O) groups is 1. The Labute approximate surface area is 229 Å². The Bertz CT molecular complexity index is 1630. The monoisotopic (exact) mass is 539 g/mol. The van der Waals surface area contributed by atoms with Gasteiger partial charge in [0.1, 0.15) is 23.2 Å². The van der Waals surface area contributed by atoms with Crippen molar-refractivity contribution < 1.29 is 17.6 Å². The fourth-order valence-corrected chi connectivity index (χ4v) is 5.23. The lowest BCUT2D eigenvalue weighted by atomic mass is 10.1. The zero-order valence-electron chi connectivity index (χ0n) is 22.0. The van der Waals surface area contributed by atoms with E-state index >= 15 is 0 Å². The van der Waals surface area contributed by atoms with Crippen molar-refractivity contribution in [1.29, 1.82) is 5.26 Å². The molecule has 4 rings (SSSR count). The molecule has 0 saturated carbocycles. The van der Waals surface area contributed by atoms with E-state index in [-0.39, 0.29) is 29.3 Å². The first-order valence-electron chi connectivity index (χ1n) is 12.3. The highest BCUT2D eigenvalue weighted by Crippen LogP contribution is 2.23. The fourth-order valence-electron chi connectivity index (χ4n) is 3.84. The zero-order chi connectivity index (χ0) is 28.0. The first-order valence-corrected chi connectivity index (χ1v) is 13.8. The van der Waals surface area contributed by atoms with E-state index in [4.69, 9.17) is 4.42 Å². The van der Waals surface area contributed by atoms with Gasteiger partial charge in [0.05, 0.1) is 11.4 Å². The number of nitriles is 1. The molecule has 198 valence electrons. The Hall–Kier alpha value is -4.45. The van der Waals surface area contributed by atoms with Crippen LogP contribution in [-0.4, -0.2) is 18.6 Å². The SMILES string of the molecule is Cc1ccc(CN(Cc2ccc(C=C(C#N)C(=O)Nc3ccc(C)cc3)o2)S(=O)(=O)c2ccc(C)cc2)cc1. The third-order valence-corrected chi connectivity index (χ3v) is 7.92. The summed E-state index contributed by atoms with van der Waals surface area (Å²) < 4.78 is 34.4. The molecule has 0 spiro atoms. The van der Waals surface area contributed by atoms with Crippen molar-refractivity contribution in [3.05, 3.63) is 124 Å². The summed E-state index contributed by atoms with van der Waals surface area (Å²) in [6, 6.07) is 26.8. The standard InChI is InChI=1S/C31H29N3O4S/c1-22-4-10-25(11-5-22)20-34(39(36,37)30-16-8-24(3)9-17-30)21-29-15-14-28(38-29)18-26(19-32)31(35)33-27-12-6-23(2)7-13-27/h4-18H,20-21H2,1-3H3,(H,33,35). The van der Waals surface area contributed by atoms with Crippen molar-refractivity contribution in [2.75, 3.05) is 5.32 Å². The largest absolute Gasteiger partial charge is 0.460 e. The number of furan rings is 1. The number of sulfonamides is 1. The van der Waals surface area contributed by atoms with Gasteiger partial charge in [-0.1, -0.05) is 65.2 Å². The zero-order valence-corrected chi connectivity index (χ0v) is 22.8. The number of anilines is 1. The number of benzene rings is 3. The van der Waals surface area contributed by atoms with Gasteiger partial charge in [-0.3, -0.25) is 4.79 Å². The molecular weight excluding hydrogens is 510 g/mol. The molecule has 0 bridgehead atoms. The molecule has 4 aromatic rings. The van der Waals surface area contributed by atoms with Crippen LogP contribution in [0.15, 0.2) is 99.8 Å². The molecule has 0 aliphatic rings. The fraction of sp³-hybridized carbons (Fsp3) is 0.161. The summed E-state index contributed by atoms with van der Waals surface area (Å²) in [6.45, 7) is 5.92. The second-order valence-corrected chi connectivity index (χ2v) is 11.3. The lowest BCUT2D eigenvalue weighted by Gasteiger charge is -2.21. The Morgan fingerprint density at radius 2 is 1.41 bits per heavy atom. The molecular formula is C31H29N3O4S. The third kappa shape index (κ3) is 7.11. The van der Waals surface area contributed by atoms with Crippen molar-refractivity contribution in [3.63, 3.8) is 0 Å². The maximum absolute atomic E-state index is 13.6. The molecule has 0 saturated heterocycles. The topological polar surface area (TPSA) is 103 Å². The molecule has 0 aliphatic heterocycles. The van der Waals surface area contributed by atoms with Gasteiger partial charge in [0.15, 0.2) is 0 Å². The lowest BCUT2D eigenvalue weighted by molar-refractivity contribution is -0.112. The summed E-state index contributed by atoms with van der Waals surface area (Å²) in [5, 5.41) is 12.3. The van der Waals surface area contributed by atoms with Gasteiger partial charge in [0, 0.05) is 18.3 Å². The molecule has 0 fully saturated rings. The second kappa shape index (κ2) is 11.9. The Morgan fingerprint density at radius 3 is 2.00 bits per heavy atom. The van der Waals surface area contributed by atoms with Gasteiger partial charge in [-0.2, -0.15) is 9.57 Å². The first-order chi connectivity index (χ1) is 18.6. The van der Waals surface area contributed by atoms with E-state index in [9.17, 15) is 18.5 Å². The number of carbonyl (C=O) groups excluding carboxylic acids is 1. The van der Waals surface area contributed by atoms with Crippen LogP contribution in [0.3, 0.4) is 0 Å². The lowest BCUT2D eigenvalue weighted by Crippen LogP contribution is -2.30. The molecule has 7 nitrogen and oxygen atoms in total. The summed E-state index contributed by atoms with van der Waals surface area (Å²) in [7, 11) is -3.85. The highest BCUT2D eigenvalue weighted by Gasteiger charge is 2.26. The minimum absolute atomic E-state index is 0.0324. The number of hydrogen-bond acceptors (Lipinski definition) is 5. The number of amides is 1. The predicted octanol–water partition coefficient (Wildman–Crippen LogP) is 6.14. The van der Waals surface area contributed by atoms with Gasteiger partial charge in [-0.25, -0.2) is 8.42 Å². The quantitative estimate of drug-likeness (QED) is 0.203. The minimum atomic E-state index is -3.85. The first kappa shape index (κ1) is 27.6. The molecule has 1 aromatic heterocycles. The van der Waals surface area contributed by atoms with Crippen LogP contribution in [0.25, 0.3) is 6.08 Å². The molecule has 39 heavy (non-hydrogen) atoms. The summed E-state index contributed by atoms with van der Waals surface area (Å²) in [6.07, 6.45) is 1.34. The van der Waals surface area contributed by atoms with Crippen LogP contribution in [-0.2, 0) is 27.9 Å². The highest BCUT2D eigenvalue weighted by atomic mass is 32.2. The Balaban J connectivity index is 1.57. The molecule has 0 radical (unpaired) electrons. The van der Waals surface area contributed by atoms with E-state index < -0.39 is 15.9 Å². The number of hydrogen-bond donors (Lipinski definition) is 1.